The third-order valence-corrected chi connectivity index (χ3v) is 4.62. The number of aryl methyl sites for hydroxylation is 1. The molecule has 1 N–H and O–H groups in total. The fourth-order valence-electron chi connectivity index (χ4n) is 2.24. The van der Waals surface area contributed by atoms with Crippen molar-refractivity contribution in [2.24, 2.45) is 0 Å². The van der Waals surface area contributed by atoms with Crippen molar-refractivity contribution in [2.45, 2.75) is 12.7 Å². The number of ether oxygens (including phenoxy) is 2. The van der Waals surface area contributed by atoms with Crippen LogP contribution in [-0.2, 0) is 10.5 Å². The molecule has 0 aromatic heterocycles. The molecule has 0 atom stereocenters. The zero-order valence-electron chi connectivity index (χ0n) is 14.5. The van der Waals surface area contributed by atoms with Crippen molar-refractivity contribution < 1.29 is 27.4 Å². The number of amides is 1. The van der Waals surface area contributed by atoms with E-state index in [1.165, 1.54) is 18.9 Å². The van der Waals surface area contributed by atoms with E-state index in [9.17, 15) is 18.0 Å². The average molecular weight is 385 g/mol. The summed E-state index contributed by atoms with van der Waals surface area (Å²) < 4.78 is 50.1. The lowest BCUT2D eigenvalue weighted by molar-refractivity contribution is -0.113. The van der Waals surface area contributed by atoms with Gasteiger partial charge in [-0.3, -0.25) is 4.79 Å². The van der Waals surface area contributed by atoms with Gasteiger partial charge in [0.25, 0.3) is 0 Å². The molecule has 140 valence electrons. The van der Waals surface area contributed by atoms with Gasteiger partial charge in [-0.05, 0) is 42.3 Å². The largest absolute Gasteiger partial charge is 0.493 e. The van der Waals surface area contributed by atoms with Gasteiger partial charge >= 0.3 is 0 Å². The minimum Gasteiger partial charge on any atom is -0.493 e. The van der Waals surface area contributed by atoms with Crippen molar-refractivity contribution >= 4 is 23.4 Å². The highest BCUT2D eigenvalue weighted by Gasteiger charge is 2.15. The number of carbonyl (C=O) groups excluding carboxylic acids is 1. The number of methoxy groups -OCH3 is 2. The summed E-state index contributed by atoms with van der Waals surface area (Å²) in [4.78, 5) is 11.9. The summed E-state index contributed by atoms with van der Waals surface area (Å²) in [5.41, 5.74) is 1.54. The summed E-state index contributed by atoms with van der Waals surface area (Å²) >= 11 is 1.30. The van der Waals surface area contributed by atoms with E-state index in [-0.39, 0.29) is 5.75 Å². The van der Waals surface area contributed by atoms with Crippen molar-refractivity contribution in [3.63, 3.8) is 0 Å². The van der Waals surface area contributed by atoms with Crippen LogP contribution in [0.3, 0.4) is 0 Å². The molecule has 0 spiro atoms. The number of carbonyl (C=O) groups is 1. The molecule has 0 aliphatic rings. The van der Waals surface area contributed by atoms with Crippen LogP contribution in [0, 0.1) is 24.4 Å². The first-order chi connectivity index (χ1) is 12.4. The normalized spacial score (nSPS) is 10.5. The summed E-state index contributed by atoms with van der Waals surface area (Å²) in [6, 6.07) is 5.41. The molecule has 2 aromatic rings. The number of halogens is 3. The molecule has 1 amide bonds. The highest BCUT2D eigenvalue weighted by atomic mass is 32.2. The van der Waals surface area contributed by atoms with Gasteiger partial charge in [-0.15, -0.1) is 11.8 Å². The summed E-state index contributed by atoms with van der Waals surface area (Å²) in [5.74, 6) is -3.12. The lowest BCUT2D eigenvalue weighted by Gasteiger charge is -2.12. The molecule has 0 bridgehead atoms. The maximum Gasteiger partial charge on any atom is 0.234 e. The van der Waals surface area contributed by atoms with Crippen molar-refractivity contribution in [1.82, 2.24) is 0 Å². The number of nitrogens with one attached hydrogen (secondary N) is 1. The quantitative estimate of drug-likeness (QED) is 0.722. The van der Waals surface area contributed by atoms with Crippen LogP contribution in [0.25, 0.3) is 0 Å². The van der Waals surface area contributed by atoms with Gasteiger partial charge in [0.2, 0.25) is 5.91 Å². The van der Waals surface area contributed by atoms with Gasteiger partial charge < -0.3 is 14.8 Å². The third kappa shape index (κ3) is 4.63. The summed E-state index contributed by atoms with van der Waals surface area (Å²) in [5, 5.41) is 2.23. The maximum atomic E-state index is 13.6. The Balaban J connectivity index is 1.96. The molecule has 0 radical (unpaired) electrons. The van der Waals surface area contributed by atoms with E-state index in [0.29, 0.717) is 17.3 Å². The van der Waals surface area contributed by atoms with E-state index in [0.717, 1.165) is 23.3 Å². The number of benzene rings is 2. The SMILES string of the molecule is COc1cc(C)c(CSCC(=O)Nc2ccc(F)c(F)c2F)cc1OC. The van der Waals surface area contributed by atoms with E-state index in [1.54, 1.807) is 7.11 Å². The first-order valence-corrected chi connectivity index (χ1v) is 8.75. The summed E-state index contributed by atoms with van der Waals surface area (Å²) in [6.45, 7) is 1.91. The standard InChI is InChI=1S/C18H18F3NO3S/c1-10-6-14(24-2)15(25-3)7-11(10)8-26-9-16(23)22-13-5-4-12(19)17(20)18(13)21/h4-7H,8-9H2,1-3H3,(H,22,23). The van der Waals surface area contributed by atoms with Gasteiger partial charge in [-0.25, -0.2) is 13.2 Å². The van der Waals surface area contributed by atoms with E-state index in [4.69, 9.17) is 9.47 Å². The van der Waals surface area contributed by atoms with Crippen LogP contribution in [0.15, 0.2) is 24.3 Å². The Bertz CT molecular complexity index is 815. The second kappa shape index (κ2) is 8.84. The van der Waals surface area contributed by atoms with Crippen LogP contribution >= 0.6 is 11.8 Å². The Morgan fingerprint density at radius 3 is 2.38 bits per heavy atom. The first-order valence-electron chi connectivity index (χ1n) is 7.60. The van der Waals surface area contributed by atoms with Crippen LogP contribution in [-0.4, -0.2) is 25.9 Å². The van der Waals surface area contributed by atoms with E-state index in [1.807, 2.05) is 19.1 Å². The van der Waals surface area contributed by atoms with Crippen LogP contribution in [0.4, 0.5) is 18.9 Å². The molecular weight excluding hydrogens is 367 g/mol. The average Bonchev–Trinajstić information content (AvgIpc) is 2.63. The van der Waals surface area contributed by atoms with Gasteiger partial charge in [0.1, 0.15) is 0 Å². The first kappa shape index (κ1) is 20.0. The molecule has 4 nitrogen and oxygen atoms in total. The Labute approximate surface area is 153 Å². The number of hydrogen-bond donors (Lipinski definition) is 1. The molecule has 0 aliphatic heterocycles. The second-order valence-corrected chi connectivity index (χ2v) is 6.38. The lowest BCUT2D eigenvalue weighted by Crippen LogP contribution is -2.16. The van der Waals surface area contributed by atoms with Crippen LogP contribution in [0.1, 0.15) is 11.1 Å². The van der Waals surface area contributed by atoms with Crippen molar-refractivity contribution in [3.05, 3.63) is 52.8 Å². The Hall–Kier alpha value is -2.35. The van der Waals surface area contributed by atoms with Gasteiger partial charge in [-0.1, -0.05) is 0 Å². The van der Waals surface area contributed by atoms with Crippen molar-refractivity contribution in [2.75, 3.05) is 25.3 Å². The van der Waals surface area contributed by atoms with Crippen LogP contribution in [0.5, 0.6) is 11.5 Å². The fourth-order valence-corrected chi connectivity index (χ4v) is 3.13. The van der Waals surface area contributed by atoms with Gasteiger partial charge in [0, 0.05) is 5.75 Å². The van der Waals surface area contributed by atoms with E-state index >= 15 is 0 Å². The van der Waals surface area contributed by atoms with Gasteiger partial charge in [0.15, 0.2) is 29.0 Å². The molecule has 0 saturated heterocycles. The molecule has 2 aromatic carbocycles. The molecule has 2 rings (SSSR count). The zero-order valence-corrected chi connectivity index (χ0v) is 15.3. The van der Waals surface area contributed by atoms with Crippen LogP contribution < -0.4 is 14.8 Å². The molecule has 0 heterocycles. The molecule has 26 heavy (non-hydrogen) atoms. The molecule has 0 aliphatic carbocycles. The zero-order chi connectivity index (χ0) is 19.3. The Morgan fingerprint density at radius 1 is 1.08 bits per heavy atom. The van der Waals surface area contributed by atoms with Crippen molar-refractivity contribution in [1.29, 1.82) is 0 Å². The van der Waals surface area contributed by atoms with Crippen molar-refractivity contribution in [3.8, 4) is 11.5 Å². The van der Waals surface area contributed by atoms with E-state index < -0.39 is 29.0 Å². The summed E-state index contributed by atoms with van der Waals surface area (Å²) in [6.07, 6.45) is 0. The monoisotopic (exact) mass is 385 g/mol. The topological polar surface area (TPSA) is 47.6 Å². The van der Waals surface area contributed by atoms with Gasteiger partial charge in [0.05, 0.1) is 25.7 Å². The predicted molar refractivity (Wildman–Crippen MR) is 95.4 cm³/mol. The summed E-state index contributed by atoms with van der Waals surface area (Å²) in [7, 11) is 3.08. The minimum atomic E-state index is -1.61. The number of anilines is 1. The molecule has 0 saturated carbocycles. The Kier molecular flexibility index (Phi) is 6.79. The highest BCUT2D eigenvalue weighted by molar-refractivity contribution is 7.99. The fraction of sp³-hybridized carbons (Fsp3) is 0.278. The molecule has 0 unspecified atom stereocenters. The number of thioether (sulfide) groups is 1. The molecule has 0 fully saturated rings. The van der Waals surface area contributed by atoms with E-state index in [2.05, 4.69) is 5.32 Å². The lowest BCUT2D eigenvalue weighted by atomic mass is 10.1. The smallest absolute Gasteiger partial charge is 0.234 e. The maximum absolute atomic E-state index is 13.6. The molecule has 8 heteroatoms. The number of rotatable bonds is 7. The number of hydrogen-bond acceptors (Lipinski definition) is 4. The second-order valence-electron chi connectivity index (χ2n) is 5.40. The van der Waals surface area contributed by atoms with Gasteiger partial charge in [-0.2, -0.15) is 0 Å². The third-order valence-electron chi connectivity index (χ3n) is 3.64. The van der Waals surface area contributed by atoms with Crippen LogP contribution in [0.2, 0.25) is 0 Å². The Morgan fingerprint density at radius 2 is 1.73 bits per heavy atom. The predicted octanol–water partition coefficient (Wildman–Crippen LogP) is 4.30. The molecular formula is C18H18F3NO3S. The highest BCUT2D eigenvalue weighted by Crippen LogP contribution is 2.32. The minimum absolute atomic E-state index is 0.0201.